The molecule has 1 saturated heterocycles. The van der Waals surface area contributed by atoms with E-state index >= 15 is 0 Å². The van der Waals surface area contributed by atoms with Gasteiger partial charge in [0.05, 0.1) is 5.54 Å². The molecular formula is C10H20N2OS. The third-order valence-electron chi connectivity index (χ3n) is 2.79. The Morgan fingerprint density at radius 1 is 1.71 bits per heavy atom. The average Bonchev–Trinajstić information content (AvgIpc) is 2.51. The quantitative estimate of drug-likeness (QED) is 0.743. The number of rotatable bonds is 3. The molecule has 0 radical (unpaired) electrons. The number of carbonyl (C=O) groups excluding carboxylic acids is 1. The van der Waals surface area contributed by atoms with E-state index in [1.54, 1.807) is 6.92 Å². The van der Waals surface area contributed by atoms with E-state index in [0.717, 1.165) is 12.2 Å². The standard InChI is InChI=1S/C10H20N2OS/c1-4-10(3,11)9(13)12-8-5-7(2)14-6-8/h7-8H,4-6,11H2,1-3H3,(H,12,13). The summed E-state index contributed by atoms with van der Waals surface area (Å²) in [6.07, 6.45) is 1.74. The van der Waals surface area contributed by atoms with Crippen LogP contribution in [0.3, 0.4) is 0 Å². The van der Waals surface area contributed by atoms with Gasteiger partial charge in [-0.3, -0.25) is 4.79 Å². The van der Waals surface area contributed by atoms with Gasteiger partial charge in [-0.05, 0) is 19.8 Å². The van der Waals surface area contributed by atoms with Crippen LogP contribution in [0.25, 0.3) is 0 Å². The van der Waals surface area contributed by atoms with Gasteiger partial charge in [-0.25, -0.2) is 0 Å². The number of amides is 1. The Labute approximate surface area is 90.2 Å². The molecular weight excluding hydrogens is 196 g/mol. The van der Waals surface area contributed by atoms with Crippen molar-refractivity contribution < 1.29 is 4.79 Å². The molecule has 0 aromatic rings. The lowest BCUT2D eigenvalue weighted by molar-refractivity contribution is -0.126. The van der Waals surface area contributed by atoms with Crippen LogP contribution in [0.4, 0.5) is 0 Å². The first-order valence-electron chi connectivity index (χ1n) is 5.17. The molecule has 0 aromatic carbocycles. The molecule has 1 amide bonds. The predicted molar refractivity (Wildman–Crippen MR) is 61.4 cm³/mol. The Bertz CT molecular complexity index is 218. The molecule has 3 nitrogen and oxygen atoms in total. The molecule has 4 heteroatoms. The second-order valence-electron chi connectivity index (χ2n) is 4.32. The first-order valence-corrected chi connectivity index (χ1v) is 6.22. The van der Waals surface area contributed by atoms with Crippen molar-refractivity contribution in [3.05, 3.63) is 0 Å². The zero-order valence-corrected chi connectivity index (χ0v) is 9.99. The highest BCUT2D eigenvalue weighted by Crippen LogP contribution is 2.26. The highest BCUT2D eigenvalue weighted by Gasteiger charge is 2.30. The van der Waals surface area contributed by atoms with Crippen molar-refractivity contribution in [2.45, 2.75) is 50.4 Å². The largest absolute Gasteiger partial charge is 0.351 e. The molecule has 14 heavy (non-hydrogen) atoms. The van der Waals surface area contributed by atoms with Gasteiger partial charge in [0.25, 0.3) is 0 Å². The smallest absolute Gasteiger partial charge is 0.240 e. The molecule has 1 rings (SSSR count). The average molecular weight is 216 g/mol. The van der Waals surface area contributed by atoms with Gasteiger partial charge in [-0.15, -0.1) is 0 Å². The van der Waals surface area contributed by atoms with Gasteiger partial charge < -0.3 is 11.1 Å². The lowest BCUT2D eigenvalue weighted by Gasteiger charge is -2.24. The predicted octanol–water partition coefficient (Wildman–Crippen LogP) is 1.12. The third-order valence-corrected chi connectivity index (χ3v) is 4.14. The maximum absolute atomic E-state index is 11.7. The van der Waals surface area contributed by atoms with Crippen LogP contribution in [0, 0.1) is 0 Å². The highest BCUT2D eigenvalue weighted by molar-refractivity contribution is 8.00. The van der Waals surface area contributed by atoms with Crippen molar-refractivity contribution in [3.63, 3.8) is 0 Å². The van der Waals surface area contributed by atoms with Crippen molar-refractivity contribution in [2.24, 2.45) is 5.73 Å². The Morgan fingerprint density at radius 2 is 2.36 bits per heavy atom. The molecule has 1 aliphatic heterocycles. The van der Waals surface area contributed by atoms with Gasteiger partial charge in [-0.2, -0.15) is 11.8 Å². The summed E-state index contributed by atoms with van der Waals surface area (Å²) in [6, 6.07) is 0.317. The van der Waals surface area contributed by atoms with E-state index in [2.05, 4.69) is 12.2 Å². The van der Waals surface area contributed by atoms with Gasteiger partial charge in [0.1, 0.15) is 0 Å². The lowest BCUT2D eigenvalue weighted by atomic mass is 9.99. The summed E-state index contributed by atoms with van der Waals surface area (Å²) in [5.41, 5.74) is 5.14. The number of thioether (sulfide) groups is 1. The normalized spacial score (nSPS) is 31.1. The highest BCUT2D eigenvalue weighted by atomic mass is 32.2. The lowest BCUT2D eigenvalue weighted by Crippen LogP contribution is -2.53. The maximum atomic E-state index is 11.7. The fraction of sp³-hybridized carbons (Fsp3) is 0.900. The van der Waals surface area contributed by atoms with E-state index in [-0.39, 0.29) is 5.91 Å². The van der Waals surface area contributed by atoms with E-state index in [1.807, 2.05) is 18.7 Å². The Balaban J connectivity index is 2.41. The van der Waals surface area contributed by atoms with Crippen LogP contribution in [-0.4, -0.2) is 28.5 Å². The summed E-state index contributed by atoms with van der Waals surface area (Å²) < 4.78 is 0. The summed E-state index contributed by atoms with van der Waals surface area (Å²) in [7, 11) is 0. The van der Waals surface area contributed by atoms with Crippen LogP contribution in [0.5, 0.6) is 0 Å². The van der Waals surface area contributed by atoms with Crippen molar-refractivity contribution >= 4 is 17.7 Å². The monoisotopic (exact) mass is 216 g/mol. The molecule has 1 fully saturated rings. The van der Waals surface area contributed by atoms with Gasteiger partial charge in [0.15, 0.2) is 0 Å². The molecule has 0 spiro atoms. The molecule has 1 aliphatic rings. The zero-order valence-electron chi connectivity index (χ0n) is 9.17. The summed E-state index contributed by atoms with van der Waals surface area (Å²) in [6.45, 7) is 5.91. The summed E-state index contributed by atoms with van der Waals surface area (Å²) in [5, 5.41) is 3.67. The van der Waals surface area contributed by atoms with Crippen molar-refractivity contribution in [2.75, 3.05) is 5.75 Å². The van der Waals surface area contributed by atoms with E-state index in [1.165, 1.54) is 0 Å². The summed E-state index contributed by atoms with van der Waals surface area (Å²) in [4.78, 5) is 11.7. The minimum absolute atomic E-state index is 0.0142. The van der Waals surface area contributed by atoms with Gasteiger partial charge in [0.2, 0.25) is 5.91 Å². The Hall–Kier alpha value is -0.220. The second kappa shape index (κ2) is 4.53. The number of nitrogens with two attached hydrogens (primary N) is 1. The summed E-state index contributed by atoms with van der Waals surface area (Å²) in [5.74, 6) is 1.01. The van der Waals surface area contributed by atoms with Gasteiger partial charge >= 0.3 is 0 Å². The molecule has 0 aromatic heterocycles. The molecule has 82 valence electrons. The molecule has 1 heterocycles. The molecule has 3 unspecified atom stereocenters. The van der Waals surface area contributed by atoms with Crippen LogP contribution >= 0.6 is 11.8 Å². The SMILES string of the molecule is CCC(C)(N)C(=O)NC1CSC(C)C1. The molecule has 0 aliphatic carbocycles. The van der Waals surface area contributed by atoms with Gasteiger partial charge in [0, 0.05) is 17.0 Å². The minimum Gasteiger partial charge on any atom is -0.351 e. The Kier molecular flexibility index (Phi) is 3.84. The molecule has 0 saturated carbocycles. The van der Waals surface area contributed by atoms with Crippen molar-refractivity contribution in [1.82, 2.24) is 5.32 Å². The molecule has 3 N–H and O–H groups in total. The fourth-order valence-corrected chi connectivity index (χ4v) is 2.58. The van der Waals surface area contributed by atoms with Crippen molar-refractivity contribution in [1.29, 1.82) is 0 Å². The second-order valence-corrected chi connectivity index (χ2v) is 5.79. The van der Waals surface area contributed by atoms with Crippen LogP contribution < -0.4 is 11.1 Å². The summed E-state index contributed by atoms with van der Waals surface area (Å²) >= 11 is 1.91. The van der Waals surface area contributed by atoms with E-state index < -0.39 is 5.54 Å². The van der Waals surface area contributed by atoms with E-state index in [0.29, 0.717) is 17.7 Å². The third kappa shape index (κ3) is 2.89. The van der Waals surface area contributed by atoms with Gasteiger partial charge in [-0.1, -0.05) is 13.8 Å². The number of nitrogens with one attached hydrogen (secondary N) is 1. The van der Waals surface area contributed by atoms with E-state index in [4.69, 9.17) is 5.73 Å². The number of hydrogen-bond acceptors (Lipinski definition) is 3. The Morgan fingerprint density at radius 3 is 2.79 bits per heavy atom. The van der Waals surface area contributed by atoms with Crippen LogP contribution in [-0.2, 0) is 4.79 Å². The number of carbonyl (C=O) groups is 1. The molecule has 3 atom stereocenters. The molecule has 0 bridgehead atoms. The maximum Gasteiger partial charge on any atom is 0.240 e. The van der Waals surface area contributed by atoms with Crippen molar-refractivity contribution in [3.8, 4) is 0 Å². The van der Waals surface area contributed by atoms with Crippen LogP contribution in [0.2, 0.25) is 0 Å². The fourth-order valence-electron chi connectivity index (χ4n) is 1.43. The van der Waals surface area contributed by atoms with E-state index in [9.17, 15) is 4.79 Å². The first kappa shape index (κ1) is 11.9. The minimum atomic E-state index is -0.712. The topological polar surface area (TPSA) is 55.1 Å². The zero-order chi connectivity index (χ0) is 10.8. The van der Waals surface area contributed by atoms with Crippen LogP contribution in [0.1, 0.15) is 33.6 Å². The first-order chi connectivity index (χ1) is 6.45. The number of hydrogen-bond donors (Lipinski definition) is 2. The van der Waals surface area contributed by atoms with Crippen LogP contribution in [0.15, 0.2) is 0 Å².